The molecule has 0 fully saturated rings. The van der Waals surface area contributed by atoms with Crippen LogP contribution in [-0.2, 0) is 6.54 Å². The highest BCUT2D eigenvalue weighted by Crippen LogP contribution is 2.32. The van der Waals surface area contributed by atoms with E-state index in [1.165, 1.54) is 5.56 Å². The van der Waals surface area contributed by atoms with Crippen LogP contribution in [0.1, 0.15) is 17.2 Å². The number of hydrogen-bond acceptors (Lipinski definition) is 2. The lowest BCUT2D eigenvalue weighted by molar-refractivity contribution is 0.310. The minimum absolute atomic E-state index is 0.228. The van der Waals surface area contributed by atoms with Gasteiger partial charge in [0.25, 0.3) is 0 Å². The Labute approximate surface area is 125 Å². The molecule has 1 atom stereocenters. The minimum atomic E-state index is 0.228. The van der Waals surface area contributed by atoms with Crippen LogP contribution in [0, 0.1) is 0 Å². The Morgan fingerprint density at radius 3 is 3.00 bits per heavy atom. The largest absolute Gasteiger partial charge is 0.491 e. The van der Waals surface area contributed by atoms with Crippen LogP contribution in [0.25, 0.3) is 0 Å². The van der Waals surface area contributed by atoms with Gasteiger partial charge in [0, 0.05) is 21.6 Å². The number of hydrogen-bond donors (Lipinski definition) is 1. The predicted octanol–water partition coefficient (Wildman–Crippen LogP) is 4.33. The maximum absolute atomic E-state index is 6.19. The zero-order valence-corrected chi connectivity index (χ0v) is 12.5. The second kappa shape index (κ2) is 5.53. The molecule has 1 unspecified atom stereocenters. The van der Waals surface area contributed by atoms with Gasteiger partial charge in [-0.3, -0.25) is 0 Å². The lowest BCUT2D eigenvalue weighted by Gasteiger charge is -2.12. The fraction of sp³-hybridized carbons (Fsp3) is 0.200. The first kappa shape index (κ1) is 13.0. The molecule has 2 aromatic carbocycles. The smallest absolute Gasteiger partial charge is 0.124 e. The second-order valence-corrected chi connectivity index (χ2v) is 5.84. The van der Waals surface area contributed by atoms with E-state index in [9.17, 15) is 0 Å². The lowest BCUT2D eigenvalue weighted by Crippen LogP contribution is -2.22. The Hall–Kier alpha value is -1.03. The molecule has 0 saturated heterocycles. The van der Waals surface area contributed by atoms with E-state index >= 15 is 0 Å². The van der Waals surface area contributed by atoms with Crippen molar-refractivity contribution in [2.75, 3.05) is 6.61 Å². The lowest BCUT2D eigenvalue weighted by atomic mass is 10.1. The van der Waals surface area contributed by atoms with Gasteiger partial charge in [-0.2, -0.15) is 0 Å². The summed E-state index contributed by atoms with van der Waals surface area (Å²) in [4.78, 5) is 0. The molecule has 0 amide bonds. The summed E-state index contributed by atoms with van der Waals surface area (Å²) in [5.74, 6) is 0.973. The van der Waals surface area contributed by atoms with Gasteiger partial charge in [-0.05, 0) is 29.8 Å². The molecule has 4 heteroatoms. The van der Waals surface area contributed by atoms with E-state index in [0.717, 1.165) is 27.4 Å². The monoisotopic (exact) mass is 337 g/mol. The van der Waals surface area contributed by atoms with Crippen LogP contribution < -0.4 is 10.1 Å². The number of nitrogens with one attached hydrogen (secondary N) is 1. The van der Waals surface area contributed by atoms with Gasteiger partial charge in [0.2, 0.25) is 0 Å². The fourth-order valence-corrected chi connectivity index (χ4v) is 2.84. The van der Waals surface area contributed by atoms with Crippen LogP contribution >= 0.6 is 27.5 Å². The summed E-state index contributed by atoms with van der Waals surface area (Å²) >= 11 is 9.65. The molecule has 0 spiro atoms. The van der Waals surface area contributed by atoms with Crippen molar-refractivity contribution in [2.24, 2.45) is 0 Å². The van der Waals surface area contributed by atoms with E-state index in [-0.39, 0.29) is 6.04 Å². The predicted molar refractivity (Wildman–Crippen MR) is 80.7 cm³/mol. The van der Waals surface area contributed by atoms with Crippen molar-refractivity contribution in [1.29, 1.82) is 0 Å². The summed E-state index contributed by atoms with van der Waals surface area (Å²) in [6.45, 7) is 1.39. The quantitative estimate of drug-likeness (QED) is 0.899. The van der Waals surface area contributed by atoms with E-state index in [1.54, 1.807) is 0 Å². The molecule has 1 aliphatic rings. The molecule has 98 valence electrons. The first-order valence-corrected chi connectivity index (χ1v) is 7.30. The Morgan fingerprint density at radius 2 is 2.11 bits per heavy atom. The molecule has 1 heterocycles. The van der Waals surface area contributed by atoms with Crippen LogP contribution in [0.3, 0.4) is 0 Å². The molecule has 0 bridgehead atoms. The Balaban J connectivity index is 1.72. The van der Waals surface area contributed by atoms with Crippen LogP contribution in [-0.4, -0.2) is 6.61 Å². The van der Waals surface area contributed by atoms with Crippen molar-refractivity contribution in [2.45, 2.75) is 12.6 Å². The van der Waals surface area contributed by atoms with Crippen LogP contribution in [0.4, 0.5) is 0 Å². The number of benzene rings is 2. The minimum Gasteiger partial charge on any atom is -0.491 e. The van der Waals surface area contributed by atoms with Gasteiger partial charge in [-0.1, -0.05) is 45.7 Å². The molecule has 1 aliphatic heterocycles. The van der Waals surface area contributed by atoms with E-state index < -0.39 is 0 Å². The highest BCUT2D eigenvalue weighted by Gasteiger charge is 2.22. The van der Waals surface area contributed by atoms with Crippen LogP contribution in [0.5, 0.6) is 5.75 Å². The van der Waals surface area contributed by atoms with Crippen LogP contribution in [0.15, 0.2) is 46.9 Å². The second-order valence-electron chi connectivity index (χ2n) is 4.52. The van der Waals surface area contributed by atoms with E-state index in [1.807, 2.05) is 36.4 Å². The number of ether oxygens (including phenoxy) is 1. The Bertz CT molecular complexity index is 602. The maximum atomic E-state index is 6.19. The van der Waals surface area contributed by atoms with Gasteiger partial charge < -0.3 is 10.1 Å². The molecule has 0 radical (unpaired) electrons. The molecule has 2 nitrogen and oxygen atoms in total. The topological polar surface area (TPSA) is 21.3 Å². The molecule has 0 saturated carbocycles. The maximum Gasteiger partial charge on any atom is 0.124 e. The molecule has 2 aromatic rings. The van der Waals surface area contributed by atoms with Gasteiger partial charge >= 0.3 is 0 Å². The van der Waals surface area contributed by atoms with E-state index in [4.69, 9.17) is 16.3 Å². The summed E-state index contributed by atoms with van der Waals surface area (Å²) in [6, 6.07) is 14.2. The molecule has 0 aliphatic carbocycles. The number of fused-ring (bicyclic) bond motifs is 1. The summed E-state index contributed by atoms with van der Waals surface area (Å²) in [5, 5.41) is 4.27. The summed E-state index contributed by atoms with van der Waals surface area (Å²) in [6.07, 6.45) is 0. The molecule has 3 rings (SSSR count). The van der Waals surface area contributed by atoms with Gasteiger partial charge in [0.1, 0.15) is 12.4 Å². The summed E-state index contributed by atoms with van der Waals surface area (Å²) < 4.78 is 6.69. The molecule has 1 N–H and O–H groups in total. The molecular weight excluding hydrogens is 326 g/mol. The summed E-state index contributed by atoms with van der Waals surface area (Å²) in [7, 11) is 0. The number of para-hydroxylation sites is 1. The number of rotatable bonds is 3. The van der Waals surface area contributed by atoms with Gasteiger partial charge in [-0.15, -0.1) is 0 Å². The van der Waals surface area contributed by atoms with Gasteiger partial charge in [0.15, 0.2) is 0 Å². The van der Waals surface area contributed by atoms with Crippen molar-refractivity contribution >= 4 is 27.5 Å². The fourth-order valence-electron chi connectivity index (χ4n) is 2.24. The van der Waals surface area contributed by atoms with E-state index in [2.05, 4.69) is 27.3 Å². The van der Waals surface area contributed by atoms with Crippen molar-refractivity contribution in [3.05, 3.63) is 63.1 Å². The molecular formula is C15H13BrClNO. The Kier molecular flexibility index (Phi) is 3.78. The van der Waals surface area contributed by atoms with Gasteiger partial charge in [-0.25, -0.2) is 0 Å². The highest BCUT2D eigenvalue weighted by molar-refractivity contribution is 9.10. The average molecular weight is 339 g/mol. The third-order valence-corrected chi connectivity index (χ3v) is 4.11. The first-order chi connectivity index (χ1) is 9.24. The van der Waals surface area contributed by atoms with Gasteiger partial charge in [0.05, 0.1) is 6.04 Å². The standard InChI is InChI=1S/C15H13BrClNO/c16-11-5-6-13(17)10(7-11)8-18-14-9-19-15-4-2-1-3-12(14)15/h1-7,14,18H,8-9H2. The first-order valence-electron chi connectivity index (χ1n) is 6.13. The average Bonchev–Trinajstić information content (AvgIpc) is 2.83. The van der Waals surface area contributed by atoms with Crippen molar-refractivity contribution in [3.63, 3.8) is 0 Å². The third-order valence-electron chi connectivity index (χ3n) is 3.25. The van der Waals surface area contributed by atoms with Crippen LogP contribution in [0.2, 0.25) is 5.02 Å². The van der Waals surface area contributed by atoms with E-state index in [0.29, 0.717) is 6.61 Å². The zero-order chi connectivity index (χ0) is 13.2. The van der Waals surface area contributed by atoms with Crippen molar-refractivity contribution in [3.8, 4) is 5.75 Å². The van der Waals surface area contributed by atoms with Crippen molar-refractivity contribution in [1.82, 2.24) is 5.32 Å². The Morgan fingerprint density at radius 1 is 1.26 bits per heavy atom. The van der Waals surface area contributed by atoms with Crippen molar-refractivity contribution < 1.29 is 4.74 Å². The number of halogens is 2. The molecule has 0 aromatic heterocycles. The third kappa shape index (κ3) is 2.78. The normalized spacial score (nSPS) is 17.1. The zero-order valence-electron chi connectivity index (χ0n) is 10.2. The highest BCUT2D eigenvalue weighted by atomic mass is 79.9. The SMILES string of the molecule is Clc1ccc(Br)cc1CNC1COc2ccccc21. The summed E-state index contributed by atoms with van der Waals surface area (Å²) in [5.41, 5.74) is 2.30. The molecule has 19 heavy (non-hydrogen) atoms.